The van der Waals surface area contributed by atoms with Gasteiger partial charge in [0.05, 0.1) is 30.8 Å². The maximum Gasteiger partial charge on any atom is 0.145 e. The third-order valence-corrected chi connectivity index (χ3v) is 4.92. The van der Waals surface area contributed by atoms with Crippen molar-refractivity contribution in [3.05, 3.63) is 65.7 Å². The van der Waals surface area contributed by atoms with Crippen molar-refractivity contribution < 1.29 is 13.7 Å². The van der Waals surface area contributed by atoms with Crippen LogP contribution < -0.4 is 4.74 Å². The van der Waals surface area contributed by atoms with Gasteiger partial charge in [-0.05, 0) is 38.5 Å². The van der Waals surface area contributed by atoms with Crippen LogP contribution in [0.3, 0.4) is 0 Å². The van der Waals surface area contributed by atoms with E-state index in [9.17, 15) is 4.21 Å². The topological polar surface area (TPSA) is 47.9 Å². The van der Waals surface area contributed by atoms with Crippen LogP contribution in [0.25, 0.3) is 0 Å². The molecular formula is C20H25NO3S. The molecule has 0 aliphatic heterocycles. The number of hydrogen-bond acceptors (Lipinski definition) is 3. The third kappa shape index (κ3) is 5.80. The van der Waals surface area contributed by atoms with Gasteiger partial charge in [-0.25, -0.2) is 4.21 Å². The Labute approximate surface area is 152 Å². The molecule has 0 aromatic heterocycles. The lowest BCUT2D eigenvalue weighted by Crippen LogP contribution is -2.22. The molecule has 0 amide bonds. The molecule has 1 atom stereocenters. The number of nitrogens with zero attached hydrogens (tertiary/aromatic N) is 1. The van der Waals surface area contributed by atoms with Crippen LogP contribution in [0, 0.1) is 0 Å². The minimum Gasteiger partial charge on any atom is -0.496 e. The van der Waals surface area contributed by atoms with Crippen LogP contribution >= 0.6 is 0 Å². The Balaban J connectivity index is 2.23. The summed E-state index contributed by atoms with van der Waals surface area (Å²) in [6.07, 6.45) is 0. The molecule has 5 heteroatoms. The fourth-order valence-electron chi connectivity index (χ4n) is 2.11. The summed E-state index contributed by atoms with van der Waals surface area (Å²) in [5.41, 5.74) is 2.51. The summed E-state index contributed by atoms with van der Waals surface area (Å²) in [5, 5.41) is 0. The second-order valence-corrected chi connectivity index (χ2v) is 8.48. The molecule has 2 rings (SSSR count). The highest BCUT2D eigenvalue weighted by atomic mass is 32.2. The van der Waals surface area contributed by atoms with Gasteiger partial charge in [0.2, 0.25) is 0 Å². The number of methoxy groups -OCH3 is 1. The molecule has 0 saturated heterocycles. The molecule has 25 heavy (non-hydrogen) atoms. The Kier molecular flexibility index (Phi) is 6.91. The summed E-state index contributed by atoms with van der Waals surface area (Å²) in [7, 11) is 0.239. The standard InChI is InChI=1S/C20H25NO3S/c1-20(2,3)25(22)21-18(17-12-8-9-13-19(17)23-4)15-24-14-16-10-6-5-7-11-16/h5-13H,14-15H2,1-4H3/t25-/m1/s1. The molecule has 0 unspecified atom stereocenters. The number of ether oxygens (including phenoxy) is 2. The van der Waals surface area contributed by atoms with Gasteiger partial charge in [0.25, 0.3) is 0 Å². The summed E-state index contributed by atoms with van der Waals surface area (Å²) < 4.78 is 27.8. The highest BCUT2D eigenvalue weighted by Crippen LogP contribution is 2.21. The number of hydrogen-bond donors (Lipinski definition) is 0. The van der Waals surface area contributed by atoms with Crippen LogP contribution in [-0.2, 0) is 22.3 Å². The maximum absolute atomic E-state index is 12.5. The fraction of sp³-hybridized carbons (Fsp3) is 0.350. The van der Waals surface area contributed by atoms with E-state index in [-0.39, 0.29) is 6.61 Å². The first-order valence-electron chi connectivity index (χ1n) is 8.16. The fourth-order valence-corrected chi connectivity index (χ4v) is 2.74. The molecule has 0 spiro atoms. The minimum absolute atomic E-state index is 0.261. The quantitative estimate of drug-likeness (QED) is 0.697. The molecule has 134 valence electrons. The molecule has 0 N–H and O–H groups in total. The van der Waals surface area contributed by atoms with Crippen LogP contribution in [0.2, 0.25) is 0 Å². The van der Waals surface area contributed by atoms with Gasteiger partial charge >= 0.3 is 0 Å². The molecule has 2 aromatic rings. The predicted molar refractivity (Wildman–Crippen MR) is 104 cm³/mol. The lowest BCUT2D eigenvalue weighted by molar-refractivity contribution is 0.158. The number of para-hydroxylation sites is 1. The molecule has 0 saturated carbocycles. The van der Waals surface area contributed by atoms with E-state index in [1.165, 1.54) is 0 Å². The summed E-state index contributed by atoms with van der Waals surface area (Å²) in [6, 6.07) is 17.5. The highest BCUT2D eigenvalue weighted by molar-refractivity contribution is 7.85. The van der Waals surface area contributed by atoms with E-state index in [4.69, 9.17) is 9.47 Å². The van der Waals surface area contributed by atoms with Gasteiger partial charge in [0.1, 0.15) is 16.7 Å². The SMILES string of the molecule is COc1ccccc1C(COCc1ccccc1)=N[S@](=O)C(C)(C)C. The Hall–Kier alpha value is -1.98. The van der Waals surface area contributed by atoms with Crippen molar-refractivity contribution in [1.29, 1.82) is 0 Å². The largest absolute Gasteiger partial charge is 0.496 e. The normalized spacial score (nSPS) is 13.5. The van der Waals surface area contributed by atoms with Gasteiger partial charge < -0.3 is 9.47 Å². The number of benzene rings is 2. The molecule has 0 bridgehead atoms. The van der Waals surface area contributed by atoms with E-state index in [0.717, 1.165) is 11.1 Å². The van der Waals surface area contributed by atoms with Crippen molar-refractivity contribution in [2.75, 3.05) is 13.7 Å². The smallest absolute Gasteiger partial charge is 0.145 e. The van der Waals surface area contributed by atoms with Gasteiger partial charge in [-0.15, -0.1) is 0 Å². The maximum atomic E-state index is 12.5. The molecule has 2 aromatic carbocycles. The van der Waals surface area contributed by atoms with Crippen molar-refractivity contribution in [2.24, 2.45) is 4.40 Å². The van der Waals surface area contributed by atoms with E-state index < -0.39 is 15.7 Å². The lowest BCUT2D eigenvalue weighted by Gasteiger charge is -2.16. The van der Waals surface area contributed by atoms with E-state index in [2.05, 4.69) is 4.40 Å². The molecule has 0 aliphatic carbocycles. The molecule has 0 radical (unpaired) electrons. The zero-order valence-corrected chi connectivity index (χ0v) is 16.0. The van der Waals surface area contributed by atoms with Crippen molar-refractivity contribution in [3.63, 3.8) is 0 Å². The van der Waals surface area contributed by atoms with Crippen molar-refractivity contribution in [1.82, 2.24) is 0 Å². The number of rotatable bonds is 7. The first-order valence-corrected chi connectivity index (χ1v) is 9.27. The molecule has 0 aliphatic rings. The van der Waals surface area contributed by atoms with Crippen LogP contribution in [0.1, 0.15) is 31.9 Å². The first kappa shape index (κ1) is 19.3. The lowest BCUT2D eigenvalue weighted by atomic mass is 10.1. The average Bonchev–Trinajstić information content (AvgIpc) is 2.60. The zero-order chi connectivity index (χ0) is 18.3. The van der Waals surface area contributed by atoms with Gasteiger partial charge in [0.15, 0.2) is 0 Å². The first-order chi connectivity index (χ1) is 11.9. The molecule has 0 fully saturated rings. The molecule has 0 heterocycles. The molecular weight excluding hydrogens is 334 g/mol. The second kappa shape index (κ2) is 8.92. The van der Waals surface area contributed by atoms with Crippen molar-refractivity contribution >= 4 is 16.7 Å². The van der Waals surface area contributed by atoms with Crippen LogP contribution in [-0.4, -0.2) is 28.4 Å². The van der Waals surface area contributed by atoms with Crippen LogP contribution in [0.4, 0.5) is 0 Å². The van der Waals surface area contributed by atoms with E-state index in [1.54, 1.807) is 7.11 Å². The van der Waals surface area contributed by atoms with Crippen molar-refractivity contribution in [3.8, 4) is 5.75 Å². The van der Waals surface area contributed by atoms with Crippen molar-refractivity contribution in [2.45, 2.75) is 32.1 Å². The van der Waals surface area contributed by atoms with Gasteiger partial charge in [-0.2, -0.15) is 4.40 Å². The summed E-state index contributed by atoms with van der Waals surface area (Å²) >= 11 is 0. The van der Waals surface area contributed by atoms with Gasteiger partial charge in [0, 0.05) is 5.56 Å². The van der Waals surface area contributed by atoms with Gasteiger partial charge in [-0.1, -0.05) is 42.5 Å². The van der Waals surface area contributed by atoms with Gasteiger partial charge in [-0.3, -0.25) is 0 Å². The Morgan fingerprint density at radius 1 is 1.04 bits per heavy atom. The Bertz CT molecular complexity index is 736. The Morgan fingerprint density at radius 3 is 2.32 bits per heavy atom. The summed E-state index contributed by atoms with van der Waals surface area (Å²) in [5.74, 6) is 0.690. The van der Waals surface area contributed by atoms with Crippen LogP contribution in [0.15, 0.2) is 59.0 Å². The predicted octanol–water partition coefficient (Wildman–Crippen LogP) is 4.16. The van der Waals surface area contributed by atoms with E-state index in [1.807, 2.05) is 75.4 Å². The second-order valence-electron chi connectivity index (χ2n) is 6.58. The van der Waals surface area contributed by atoms with E-state index in [0.29, 0.717) is 18.1 Å². The van der Waals surface area contributed by atoms with E-state index >= 15 is 0 Å². The highest BCUT2D eigenvalue weighted by Gasteiger charge is 2.21. The summed E-state index contributed by atoms with van der Waals surface area (Å²) in [4.78, 5) is 0. The van der Waals surface area contributed by atoms with Crippen LogP contribution in [0.5, 0.6) is 5.75 Å². The summed E-state index contributed by atoms with van der Waals surface area (Å²) in [6.45, 7) is 6.43. The monoisotopic (exact) mass is 359 g/mol. The Morgan fingerprint density at radius 2 is 1.68 bits per heavy atom. The minimum atomic E-state index is -1.37. The zero-order valence-electron chi connectivity index (χ0n) is 15.2. The average molecular weight is 359 g/mol. The molecule has 4 nitrogen and oxygen atoms in total. The third-order valence-electron chi connectivity index (χ3n) is 3.49.